The van der Waals surface area contributed by atoms with E-state index in [9.17, 15) is 4.79 Å². The number of carbonyl (C=O) groups is 1. The molecule has 0 aliphatic carbocycles. The average Bonchev–Trinajstić information content (AvgIpc) is 3.09. The predicted octanol–water partition coefficient (Wildman–Crippen LogP) is 1.65. The lowest BCUT2D eigenvalue weighted by atomic mass is 10.1. The first-order valence-corrected chi connectivity index (χ1v) is 7.45. The summed E-state index contributed by atoms with van der Waals surface area (Å²) >= 11 is 1.45. The molecule has 0 saturated carbocycles. The SMILES string of the molecule is Nc1nc2c(s1)CN(C(=O)c1ccc3c(c1)OCO3)CC2. The standard InChI is InChI=1S/C14H13N3O3S/c15-14-16-9-3-4-17(6-12(9)21-14)13(18)8-1-2-10-11(5-8)20-7-19-10/h1-2,5H,3-4,6-7H2,(H2,15,16). The van der Waals surface area contributed by atoms with Crippen LogP contribution < -0.4 is 15.2 Å². The molecule has 0 atom stereocenters. The number of nitrogen functional groups attached to an aromatic ring is 1. The van der Waals surface area contributed by atoms with Crippen LogP contribution in [0.3, 0.4) is 0 Å². The molecule has 0 bridgehead atoms. The quantitative estimate of drug-likeness (QED) is 0.867. The number of benzene rings is 1. The Kier molecular flexibility index (Phi) is 2.75. The van der Waals surface area contributed by atoms with Gasteiger partial charge < -0.3 is 20.1 Å². The maximum absolute atomic E-state index is 12.6. The van der Waals surface area contributed by atoms with Crippen molar-refractivity contribution < 1.29 is 14.3 Å². The van der Waals surface area contributed by atoms with Crippen molar-refractivity contribution in [3.05, 3.63) is 34.3 Å². The van der Waals surface area contributed by atoms with E-state index in [1.807, 2.05) is 4.90 Å². The van der Waals surface area contributed by atoms with Crippen molar-refractivity contribution in [3.8, 4) is 11.5 Å². The molecule has 4 rings (SSSR count). The molecule has 1 aromatic heterocycles. The zero-order valence-corrected chi connectivity index (χ0v) is 12.0. The highest BCUT2D eigenvalue weighted by molar-refractivity contribution is 7.15. The number of ether oxygens (including phenoxy) is 2. The largest absolute Gasteiger partial charge is 0.454 e. The van der Waals surface area contributed by atoms with Gasteiger partial charge in [-0.15, -0.1) is 11.3 Å². The third-order valence-corrected chi connectivity index (χ3v) is 4.57. The van der Waals surface area contributed by atoms with Crippen LogP contribution in [0.1, 0.15) is 20.9 Å². The number of rotatable bonds is 1. The molecule has 2 aliphatic rings. The summed E-state index contributed by atoms with van der Waals surface area (Å²) in [7, 11) is 0. The molecule has 21 heavy (non-hydrogen) atoms. The monoisotopic (exact) mass is 303 g/mol. The molecule has 108 valence electrons. The van der Waals surface area contributed by atoms with Crippen molar-refractivity contribution in [1.29, 1.82) is 0 Å². The van der Waals surface area contributed by atoms with Crippen LogP contribution in [0.5, 0.6) is 11.5 Å². The number of hydrogen-bond acceptors (Lipinski definition) is 6. The average molecular weight is 303 g/mol. The summed E-state index contributed by atoms with van der Waals surface area (Å²) in [5.41, 5.74) is 7.36. The molecule has 0 saturated heterocycles. The summed E-state index contributed by atoms with van der Waals surface area (Å²) in [5.74, 6) is 1.30. The molecule has 1 aromatic carbocycles. The van der Waals surface area contributed by atoms with Gasteiger partial charge in [0.05, 0.1) is 12.2 Å². The van der Waals surface area contributed by atoms with Crippen LogP contribution in [-0.4, -0.2) is 29.1 Å². The third kappa shape index (κ3) is 2.09. The predicted molar refractivity (Wildman–Crippen MR) is 77.5 cm³/mol. The Bertz CT molecular complexity index is 728. The fraction of sp³-hybridized carbons (Fsp3) is 0.286. The molecular formula is C14H13N3O3S. The van der Waals surface area contributed by atoms with Gasteiger partial charge in [-0.05, 0) is 18.2 Å². The van der Waals surface area contributed by atoms with Gasteiger partial charge in [-0.3, -0.25) is 4.79 Å². The Morgan fingerprint density at radius 1 is 1.33 bits per heavy atom. The van der Waals surface area contributed by atoms with Crippen LogP contribution in [-0.2, 0) is 13.0 Å². The summed E-state index contributed by atoms with van der Waals surface area (Å²) in [4.78, 5) is 19.8. The molecule has 3 heterocycles. The van der Waals surface area contributed by atoms with E-state index in [1.165, 1.54) is 11.3 Å². The topological polar surface area (TPSA) is 77.7 Å². The maximum atomic E-state index is 12.6. The number of carbonyl (C=O) groups excluding carboxylic acids is 1. The zero-order valence-electron chi connectivity index (χ0n) is 11.2. The first-order chi connectivity index (χ1) is 10.2. The fourth-order valence-corrected chi connectivity index (χ4v) is 3.50. The number of fused-ring (bicyclic) bond motifs is 2. The van der Waals surface area contributed by atoms with Gasteiger partial charge in [-0.2, -0.15) is 0 Å². The first-order valence-electron chi connectivity index (χ1n) is 6.64. The van der Waals surface area contributed by atoms with Gasteiger partial charge in [-0.1, -0.05) is 0 Å². The number of anilines is 1. The van der Waals surface area contributed by atoms with E-state index in [1.54, 1.807) is 18.2 Å². The second-order valence-electron chi connectivity index (χ2n) is 4.97. The van der Waals surface area contributed by atoms with E-state index in [-0.39, 0.29) is 12.7 Å². The van der Waals surface area contributed by atoms with Crippen molar-refractivity contribution in [3.63, 3.8) is 0 Å². The molecule has 0 unspecified atom stereocenters. The van der Waals surface area contributed by atoms with Crippen LogP contribution in [0.2, 0.25) is 0 Å². The van der Waals surface area contributed by atoms with E-state index in [4.69, 9.17) is 15.2 Å². The Morgan fingerprint density at radius 2 is 2.19 bits per heavy atom. The summed E-state index contributed by atoms with van der Waals surface area (Å²) in [6, 6.07) is 5.28. The van der Waals surface area contributed by atoms with Crippen molar-refractivity contribution in [1.82, 2.24) is 9.88 Å². The maximum Gasteiger partial charge on any atom is 0.254 e. The van der Waals surface area contributed by atoms with E-state index >= 15 is 0 Å². The number of thiazole rings is 1. The fourth-order valence-electron chi connectivity index (χ4n) is 2.60. The minimum Gasteiger partial charge on any atom is -0.454 e. The van der Waals surface area contributed by atoms with Gasteiger partial charge in [0.2, 0.25) is 6.79 Å². The van der Waals surface area contributed by atoms with Gasteiger partial charge in [0.15, 0.2) is 16.6 Å². The summed E-state index contributed by atoms with van der Waals surface area (Å²) in [5, 5.41) is 0.567. The van der Waals surface area contributed by atoms with Crippen LogP contribution >= 0.6 is 11.3 Å². The van der Waals surface area contributed by atoms with Crippen molar-refractivity contribution in [2.75, 3.05) is 19.1 Å². The Hall–Kier alpha value is -2.28. The van der Waals surface area contributed by atoms with Gasteiger partial charge in [0, 0.05) is 23.4 Å². The molecule has 7 heteroatoms. The second-order valence-corrected chi connectivity index (χ2v) is 6.08. The van der Waals surface area contributed by atoms with E-state index < -0.39 is 0 Å². The van der Waals surface area contributed by atoms with Gasteiger partial charge >= 0.3 is 0 Å². The molecular weight excluding hydrogens is 290 g/mol. The number of amides is 1. The highest BCUT2D eigenvalue weighted by Gasteiger charge is 2.25. The van der Waals surface area contributed by atoms with Crippen LogP contribution in [0.4, 0.5) is 5.13 Å². The summed E-state index contributed by atoms with van der Waals surface area (Å²) in [6.45, 7) is 1.43. The molecule has 0 fully saturated rings. The Balaban J connectivity index is 1.58. The summed E-state index contributed by atoms with van der Waals surface area (Å²) in [6.07, 6.45) is 0.749. The van der Waals surface area contributed by atoms with E-state index in [0.717, 1.165) is 17.0 Å². The first kappa shape index (κ1) is 12.5. The van der Waals surface area contributed by atoms with Gasteiger partial charge in [-0.25, -0.2) is 4.98 Å². The molecule has 6 nitrogen and oxygen atoms in total. The molecule has 1 amide bonds. The third-order valence-electron chi connectivity index (χ3n) is 3.65. The number of aromatic nitrogens is 1. The molecule has 0 radical (unpaired) electrons. The van der Waals surface area contributed by atoms with E-state index in [0.29, 0.717) is 35.3 Å². The molecule has 2 aromatic rings. The lowest BCUT2D eigenvalue weighted by Gasteiger charge is -2.26. The highest BCUT2D eigenvalue weighted by Crippen LogP contribution is 2.33. The summed E-state index contributed by atoms with van der Waals surface area (Å²) < 4.78 is 10.6. The highest BCUT2D eigenvalue weighted by atomic mass is 32.1. The normalized spacial score (nSPS) is 15.9. The minimum atomic E-state index is -0.00841. The lowest BCUT2D eigenvalue weighted by Crippen LogP contribution is -2.35. The van der Waals surface area contributed by atoms with Crippen LogP contribution in [0.25, 0.3) is 0 Å². The molecule has 2 N–H and O–H groups in total. The van der Waals surface area contributed by atoms with Crippen molar-refractivity contribution >= 4 is 22.4 Å². The smallest absolute Gasteiger partial charge is 0.254 e. The second kappa shape index (κ2) is 4.63. The minimum absolute atomic E-state index is 0.00841. The Labute approximate surface area is 125 Å². The van der Waals surface area contributed by atoms with Gasteiger partial charge in [0.25, 0.3) is 5.91 Å². The van der Waals surface area contributed by atoms with Crippen molar-refractivity contribution in [2.45, 2.75) is 13.0 Å². The van der Waals surface area contributed by atoms with Crippen molar-refractivity contribution in [2.24, 2.45) is 0 Å². The zero-order chi connectivity index (χ0) is 14.4. The van der Waals surface area contributed by atoms with Crippen LogP contribution in [0, 0.1) is 0 Å². The van der Waals surface area contributed by atoms with Gasteiger partial charge in [0.1, 0.15) is 0 Å². The lowest BCUT2D eigenvalue weighted by molar-refractivity contribution is 0.0736. The Morgan fingerprint density at radius 3 is 3.10 bits per heavy atom. The molecule has 0 spiro atoms. The number of nitrogens with two attached hydrogens (primary N) is 1. The van der Waals surface area contributed by atoms with Crippen LogP contribution in [0.15, 0.2) is 18.2 Å². The molecule has 2 aliphatic heterocycles. The number of nitrogens with zero attached hydrogens (tertiary/aromatic N) is 2. The van der Waals surface area contributed by atoms with E-state index in [2.05, 4.69) is 4.98 Å². The number of hydrogen-bond donors (Lipinski definition) is 1.